The van der Waals surface area contributed by atoms with Crippen molar-refractivity contribution in [2.75, 3.05) is 13.2 Å². The van der Waals surface area contributed by atoms with Crippen LogP contribution in [-0.2, 0) is 28.6 Å². The third-order valence-corrected chi connectivity index (χ3v) is 11.4. The Kier molecular flexibility index (Phi) is 42.3. The second-order valence-electron chi connectivity index (χ2n) is 17.0. The molecule has 0 amide bonds. The lowest BCUT2D eigenvalue weighted by Crippen LogP contribution is -2.30. The van der Waals surface area contributed by atoms with Gasteiger partial charge in [-0.25, -0.2) is 0 Å². The minimum atomic E-state index is -0.759. The van der Waals surface area contributed by atoms with Crippen LogP contribution in [0, 0.1) is 5.92 Å². The van der Waals surface area contributed by atoms with Gasteiger partial charge in [0.25, 0.3) is 0 Å². The van der Waals surface area contributed by atoms with Crippen molar-refractivity contribution in [3.63, 3.8) is 0 Å². The number of ether oxygens (including phenoxy) is 3. The SMILES string of the molecule is CCCCCCCCCCCCCCCC(=O)O[C@H](COC(=O)CCCCCCCCCCCC)COC(=O)CCCCCCCCCCCCC(C)CC. The number of rotatable bonds is 44. The zero-order chi connectivity index (χ0) is 40.3. The number of carbonyl (C=O) groups is 3. The topological polar surface area (TPSA) is 78.9 Å². The van der Waals surface area contributed by atoms with Crippen LogP contribution in [0.1, 0.15) is 272 Å². The maximum atomic E-state index is 12.7. The molecule has 0 aromatic heterocycles. The third-order valence-electron chi connectivity index (χ3n) is 11.4. The summed E-state index contributed by atoms with van der Waals surface area (Å²) < 4.78 is 16.8. The van der Waals surface area contributed by atoms with E-state index in [4.69, 9.17) is 14.2 Å². The average molecular weight is 779 g/mol. The first-order chi connectivity index (χ1) is 26.9. The summed E-state index contributed by atoms with van der Waals surface area (Å²) in [5, 5.41) is 0. The van der Waals surface area contributed by atoms with Gasteiger partial charge in [0.05, 0.1) is 0 Å². The average Bonchev–Trinajstić information content (AvgIpc) is 3.18. The molecule has 0 rings (SSSR count). The van der Waals surface area contributed by atoms with E-state index in [-0.39, 0.29) is 31.1 Å². The number of carbonyl (C=O) groups excluding carboxylic acids is 3. The van der Waals surface area contributed by atoms with E-state index >= 15 is 0 Å². The van der Waals surface area contributed by atoms with E-state index in [0.29, 0.717) is 19.3 Å². The van der Waals surface area contributed by atoms with Crippen molar-refractivity contribution in [1.29, 1.82) is 0 Å². The zero-order valence-corrected chi connectivity index (χ0v) is 37.4. The smallest absolute Gasteiger partial charge is 0.306 e. The van der Waals surface area contributed by atoms with Crippen LogP contribution in [-0.4, -0.2) is 37.2 Å². The van der Waals surface area contributed by atoms with Gasteiger partial charge in [0.2, 0.25) is 0 Å². The molecule has 0 spiro atoms. The highest BCUT2D eigenvalue weighted by Gasteiger charge is 2.19. The summed E-state index contributed by atoms with van der Waals surface area (Å²) in [6.07, 6.45) is 43.6. The Morgan fingerprint density at radius 3 is 0.945 bits per heavy atom. The van der Waals surface area contributed by atoms with Crippen LogP contribution < -0.4 is 0 Å². The van der Waals surface area contributed by atoms with Gasteiger partial charge in [-0.15, -0.1) is 0 Å². The lowest BCUT2D eigenvalue weighted by atomic mass is 9.99. The molecule has 0 aromatic carbocycles. The van der Waals surface area contributed by atoms with E-state index in [2.05, 4.69) is 27.7 Å². The van der Waals surface area contributed by atoms with E-state index < -0.39 is 6.10 Å². The summed E-state index contributed by atoms with van der Waals surface area (Å²) in [6, 6.07) is 0. The Bertz CT molecular complexity index is 828. The van der Waals surface area contributed by atoms with Crippen LogP contribution in [0.25, 0.3) is 0 Å². The van der Waals surface area contributed by atoms with Crippen LogP contribution >= 0.6 is 0 Å². The molecule has 1 unspecified atom stereocenters. The molecule has 0 aromatic rings. The van der Waals surface area contributed by atoms with Gasteiger partial charge >= 0.3 is 17.9 Å². The Morgan fingerprint density at radius 2 is 0.636 bits per heavy atom. The van der Waals surface area contributed by atoms with Gasteiger partial charge in [0.1, 0.15) is 13.2 Å². The van der Waals surface area contributed by atoms with Crippen molar-refractivity contribution in [1.82, 2.24) is 0 Å². The Hall–Kier alpha value is -1.59. The molecule has 0 bridgehead atoms. The highest BCUT2D eigenvalue weighted by molar-refractivity contribution is 5.71. The highest BCUT2D eigenvalue weighted by atomic mass is 16.6. The predicted octanol–water partition coefficient (Wildman–Crippen LogP) is 15.5. The molecular formula is C49H94O6. The Balaban J connectivity index is 4.32. The molecule has 6 heteroatoms. The molecule has 0 aliphatic rings. The molecule has 0 N–H and O–H groups in total. The van der Waals surface area contributed by atoms with Crippen LogP contribution in [0.2, 0.25) is 0 Å². The van der Waals surface area contributed by atoms with Gasteiger partial charge in [-0.1, -0.05) is 233 Å². The van der Waals surface area contributed by atoms with Crippen LogP contribution in [0.15, 0.2) is 0 Å². The van der Waals surface area contributed by atoms with Crippen molar-refractivity contribution >= 4 is 17.9 Å². The van der Waals surface area contributed by atoms with E-state index in [9.17, 15) is 14.4 Å². The van der Waals surface area contributed by atoms with Crippen LogP contribution in [0.4, 0.5) is 0 Å². The van der Waals surface area contributed by atoms with Gasteiger partial charge in [0, 0.05) is 19.3 Å². The minimum Gasteiger partial charge on any atom is -0.462 e. The summed E-state index contributed by atoms with van der Waals surface area (Å²) in [6.45, 7) is 9.02. The van der Waals surface area contributed by atoms with Crippen molar-refractivity contribution in [3.8, 4) is 0 Å². The fourth-order valence-corrected chi connectivity index (χ4v) is 7.30. The maximum Gasteiger partial charge on any atom is 0.306 e. The van der Waals surface area contributed by atoms with Gasteiger partial charge in [-0.2, -0.15) is 0 Å². The summed E-state index contributed by atoms with van der Waals surface area (Å²) in [7, 11) is 0. The highest BCUT2D eigenvalue weighted by Crippen LogP contribution is 2.17. The summed E-state index contributed by atoms with van der Waals surface area (Å²) in [5.41, 5.74) is 0. The first-order valence-electron chi connectivity index (χ1n) is 24.4. The fourth-order valence-electron chi connectivity index (χ4n) is 7.30. The number of hydrogen-bond acceptors (Lipinski definition) is 6. The molecule has 326 valence electrons. The Labute approximate surface area is 342 Å². The summed E-state index contributed by atoms with van der Waals surface area (Å²) >= 11 is 0. The summed E-state index contributed by atoms with van der Waals surface area (Å²) in [5.74, 6) is 0.0196. The normalized spacial score (nSPS) is 12.4. The lowest BCUT2D eigenvalue weighted by molar-refractivity contribution is -0.167. The summed E-state index contributed by atoms with van der Waals surface area (Å²) in [4.78, 5) is 37.8. The van der Waals surface area contributed by atoms with E-state index in [1.807, 2.05) is 0 Å². The van der Waals surface area contributed by atoms with Gasteiger partial charge in [-0.05, 0) is 25.2 Å². The predicted molar refractivity (Wildman–Crippen MR) is 233 cm³/mol. The third kappa shape index (κ3) is 41.9. The number of unbranched alkanes of at least 4 members (excludes halogenated alkanes) is 30. The van der Waals surface area contributed by atoms with Crippen LogP contribution in [0.5, 0.6) is 0 Å². The quantitative estimate of drug-likeness (QED) is 0.0348. The van der Waals surface area contributed by atoms with Crippen molar-refractivity contribution in [2.45, 2.75) is 278 Å². The molecule has 55 heavy (non-hydrogen) atoms. The molecule has 0 saturated carbocycles. The molecule has 0 saturated heterocycles. The molecule has 2 atom stereocenters. The number of hydrogen-bond donors (Lipinski definition) is 0. The van der Waals surface area contributed by atoms with E-state index in [0.717, 1.165) is 63.7 Å². The molecular weight excluding hydrogens is 685 g/mol. The molecule has 0 heterocycles. The van der Waals surface area contributed by atoms with Crippen molar-refractivity contribution < 1.29 is 28.6 Å². The zero-order valence-electron chi connectivity index (χ0n) is 37.4. The standard InChI is InChI=1S/C49H94O6/c1-5-8-10-12-14-16-18-19-20-26-30-34-38-42-49(52)55-46(43-53-47(50)40-36-32-28-24-17-15-13-11-9-6-2)44-54-48(51)41-37-33-29-25-22-21-23-27-31-35-39-45(4)7-3/h45-46H,5-44H2,1-4H3/t45?,46-/m1/s1. The van der Waals surface area contributed by atoms with Gasteiger partial charge < -0.3 is 14.2 Å². The Morgan fingerprint density at radius 1 is 0.364 bits per heavy atom. The van der Waals surface area contributed by atoms with E-state index in [1.54, 1.807) is 0 Å². The molecule has 0 aliphatic heterocycles. The maximum absolute atomic E-state index is 12.7. The van der Waals surface area contributed by atoms with Crippen molar-refractivity contribution in [2.24, 2.45) is 5.92 Å². The fraction of sp³-hybridized carbons (Fsp3) is 0.939. The van der Waals surface area contributed by atoms with E-state index in [1.165, 1.54) is 167 Å². The van der Waals surface area contributed by atoms with Gasteiger partial charge in [-0.3, -0.25) is 14.4 Å². The molecule has 6 nitrogen and oxygen atoms in total. The monoisotopic (exact) mass is 779 g/mol. The first kappa shape index (κ1) is 53.4. The molecule has 0 fully saturated rings. The minimum absolute atomic E-state index is 0.0634. The number of esters is 3. The van der Waals surface area contributed by atoms with Gasteiger partial charge in [0.15, 0.2) is 6.10 Å². The molecule has 0 radical (unpaired) electrons. The largest absolute Gasteiger partial charge is 0.462 e. The first-order valence-corrected chi connectivity index (χ1v) is 24.4. The second-order valence-corrected chi connectivity index (χ2v) is 17.0. The lowest BCUT2D eigenvalue weighted by Gasteiger charge is -2.18. The van der Waals surface area contributed by atoms with Crippen molar-refractivity contribution in [3.05, 3.63) is 0 Å². The second kappa shape index (κ2) is 43.5. The van der Waals surface area contributed by atoms with Crippen LogP contribution in [0.3, 0.4) is 0 Å². The molecule has 0 aliphatic carbocycles.